The number of aryl methyl sites for hydroxylation is 1. The van der Waals surface area contributed by atoms with Gasteiger partial charge in [-0.05, 0) is 31.2 Å². The van der Waals surface area contributed by atoms with Crippen LogP contribution in [0.3, 0.4) is 0 Å². The van der Waals surface area contributed by atoms with E-state index in [9.17, 15) is 14.3 Å². The van der Waals surface area contributed by atoms with Crippen LogP contribution in [0.15, 0.2) is 48.4 Å². The molecule has 0 radical (unpaired) electrons. The molecule has 1 aromatic carbocycles. The van der Waals surface area contributed by atoms with Gasteiger partial charge in [0.05, 0.1) is 36.2 Å². The van der Waals surface area contributed by atoms with Gasteiger partial charge in [0.15, 0.2) is 5.78 Å². The number of allylic oxidation sites excluding steroid dienone is 2. The Labute approximate surface area is 181 Å². The summed E-state index contributed by atoms with van der Waals surface area (Å²) < 4.78 is 18.6. The minimum Gasteiger partial charge on any atom is -0.500 e. The number of halogens is 2. The largest absolute Gasteiger partial charge is 0.500 e. The van der Waals surface area contributed by atoms with Gasteiger partial charge in [-0.1, -0.05) is 23.7 Å². The Morgan fingerprint density at radius 2 is 2.00 bits per heavy atom. The minimum absolute atomic E-state index is 0.220. The summed E-state index contributed by atoms with van der Waals surface area (Å²) in [6.07, 6.45) is 0.0698. The van der Waals surface area contributed by atoms with Crippen molar-refractivity contribution in [3.05, 3.63) is 75.5 Å². The first-order chi connectivity index (χ1) is 14.4. The highest BCUT2D eigenvalue weighted by atomic mass is 35.5. The van der Waals surface area contributed by atoms with Crippen molar-refractivity contribution in [1.29, 1.82) is 0 Å². The van der Waals surface area contributed by atoms with Crippen LogP contribution in [0.5, 0.6) is 0 Å². The average Bonchev–Trinajstić information content (AvgIpc) is 3.27. The van der Waals surface area contributed by atoms with E-state index < -0.39 is 17.8 Å². The van der Waals surface area contributed by atoms with Crippen molar-refractivity contribution < 1.29 is 19.0 Å². The molecule has 0 spiro atoms. The number of ketones is 1. The second kappa shape index (κ2) is 8.26. The molecule has 3 aromatic rings. The first-order valence-corrected chi connectivity index (χ1v) is 10.4. The molecule has 2 aromatic heterocycles. The van der Waals surface area contributed by atoms with E-state index in [4.69, 9.17) is 16.3 Å². The van der Waals surface area contributed by atoms with Crippen molar-refractivity contribution in [2.75, 3.05) is 7.11 Å². The van der Waals surface area contributed by atoms with E-state index in [-0.39, 0.29) is 17.9 Å². The molecule has 0 saturated heterocycles. The van der Waals surface area contributed by atoms with Crippen molar-refractivity contribution >= 4 is 34.3 Å². The molecule has 2 unspecified atom stereocenters. The van der Waals surface area contributed by atoms with Gasteiger partial charge in [0.1, 0.15) is 22.7 Å². The van der Waals surface area contributed by atoms with E-state index in [2.05, 4.69) is 9.97 Å². The van der Waals surface area contributed by atoms with Crippen LogP contribution in [0.4, 0.5) is 4.39 Å². The molecule has 1 aliphatic rings. The Hall–Kier alpha value is -2.61. The number of hydrogen-bond donors (Lipinski definition) is 1. The molecular formula is C22H18ClFN2O3S. The average molecular weight is 445 g/mol. The highest BCUT2D eigenvalue weighted by Crippen LogP contribution is 2.43. The summed E-state index contributed by atoms with van der Waals surface area (Å²) in [5, 5.41) is 12.1. The first kappa shape index (κ1) is 20.7. The molecule has 30 heavy (non-hydrogen) atoms. The second-order valence-corrected chi connectivity index (χ2v) is 8.59. The number of thiazole rings is 1. The van der Waals surface area contributed by atoms with Gasteiger partial charge in [0, 0.05) is 21.9 Å². The maximum Gasteiger partial charge on any atom is 0.175 e. The maximum absolute atomic E-state index is 13.2. The molecule has 0 fully saturated rings. The summed E-state index contributed by atoms with van der Waals surface area (Å²) in [5.41, 5.74) is 2.06. The SMILES string of the molecule is COC1=C(c2nc(-c3ccc(Cl)cc3)sc2C)C(=O)C(C(O)c2ccc(F)cn2)C1. The van der Waals surface area contributed by atoms with Gasteiger partial charge in [0.25, 0.3) is 0 Å². The van der Waals surface area contributed by atoms with Crippen LogP contribution in [-0.4, -0.2) is 28.0 Å². The quantitative estimate of drug-likeness (QED) is 0.600. The van der Waals surface area contributed by atoms with Crippen molar-refractivity contribution in [1.82, 2.24) is 9.97 Å². The fraction of sp³-hybridized carbons (Fsp3) is 0.227. The van der Waals surface area contributed by atoms with Crippen LogP contribution >= 0.6 is 22.9 Å². The Bertz CT molecular complexity index is 1130. The topological polar surface area (TPSA) is 72.3 Å². The van der Waals surface area contributed by atoms with Gasteiger partial charge in [-0.15, -0.1) is 11.3 Å². The van der Waals surface area contributed by atoms with Crippen LogP contribution in [0.1, 0.15) is 28.8 Å². The number of Topliss-reactive ketones (excluding diaryl/α,β-unsaturated/α-hetero) is 1. The van der Waals surface area contributed by atoms with Gasteiger partial charge in [-0.25, -0.2) is 9.37 Å². The lowest BCUT2D eigenvalue weighted by molar-refractivity contribution is -0.120. The second-order valence-electron chi connectivity index (χ2n) is 6.95. The monoisotopic (exact) mass is 444 g/mol. The summed E-state index contributed by atoms with van der Waals surface area (Å²) in [6, 6.07) is 9.91. The number of benzene rings is 1. The molecule has 4 rings (SSSR count). The molecule has 0 bridgehead atoms. The van der Waals surface area contributed by atoms with Gasteiger partial charge in [-0.2, -0.15) is 0 Å². The lowest BCUT2D eigenvalue weighted by Gasteiger charge is -2.16. The van der Waals surface area contributed by atoms with Crippen molar-refractivity contribution in [3.8, 4) is 10.6 Å². The number of hydrogen-bond acceptors (Lipinski definition) is 6. The van der Waals surface area contributed by atoms with E-state index in [1.54, 1.807) is 12.1 Å². The molecule has 1 aliphatic carbocycles. The number of pyridine rings is 1. The van der Waals surface area contributed by atoms with Crippen LogP contribution in [0, 0.1) is 18.7 Å². The molecule has 2 heterocycles. The Balaban J connectivity index is 1.67. The minimum atomic E-state index is -1.17. The Kier molecular flexibility index (Phi) is 5.69. The highest BCUT2D eigenvalue weighted by molar-refractivity contribution is 7.15. The first-order valence-electron chi connectivity index (χ1n) is 9.23. The summed E-state index contributed by atoms with van der Waals surface area (Å²) in [7, 11) is 1.50. The lowest BCUT2D eigenvalue weighted by atomic mass is 9.93. The number of aliphatic hydroxyl groups excluding tert-OH is 1. The third-order valence-corrected chi connectivity index (χ3v) is 6.34. The number of nitrogens with zero attached hydrogens (tertiary/aromatic N) is 2. The summed E-state index contributed by atoms with van der Waals surface area (Å²) in [5.74, 6) is -1.07. The molecule has 0 saturated carbocycles. The molecule has 154 valence electrons. The fourth-order valence-corrected chi connectivity index (χ4v) is 4.57. The van der Waals surface area contributed by atoms with E-state index >= 15 is 0 Å². The molecule has 0 aliphatic heterocycles. The van der Waals surface area contributed by atoms with E-state index in [1.165, 1.54) is 30.6 Å². The number of carbonyl (C=O) groups excluding carboxylic acids is 1. The predicted octanol–water partition coefficient (Wildman–Crippen LogP) is 4.99. The zero-order chi connectivity index (χ0) is 21.4. The number of methoxy groups -OCH3 is 1. The predicted molar refractivity (Wildman–Crippen MR) is 113 cm³/mol. The Morgan fingerprint density at radius 1 is 1.27 bits per heavy atom. The van der Waals surface area contributed by atoms with E-state index in [1.807, 2.05) is 19.1 Å². The van der Waals surface area contributed by atoms with Crippen LogP contribution < -0.4 is 0 Å². The number of carbonyl (C=O) groups is 1. The number of rotatable bonds is 5. The van der Waals surface area contributed by atoms with Crippen LogP contribution in [0.2, 0.25) is 5.02 Å². The van der Waals surface area contributed by atoms with Crippen molar-refractivity contribution in [2.45, 2.75) is 19.4 Å². The van der Waals surface area contributed by atoms with E-state index in [0.717, 1.165) is 21.6 Å². The molecule has 8 heteroatoms. The molecule has 0 amide bonds. The fourth-order valence-electron chi connectivity index (χ4n) is 3.52. The third kappa shape index (κ3) is 3.76. The smallest absolute Gasteiger partial charge is 0.175 e. The molecule has 1 N–H and O–H groups in total. The molecule has 2 atom stereocenters. The zero-order valence-electron chi connectivity index (χ0n) is 16.2. The van der Waals surface area contributed by atoms with Crippen LogP contribution in [0.25, 0.3) is 16.1 Å². The number of aromatic nitrogens is 2. The van der Waals surface area contributed by atoms with Crippen molar-refractivity contribution in [2.24, 2.45) is 5.92 Å². The molecule has 5 nitrogen and oxygen atoms in total. The number of aliphatic hydroxyl groups is 1. The normalized spacial score (nSPS) is 17.5. The third-order valence-electron chi connectivity index (χ3n) is 5.07. The highest BCUT2D eigenvalue weighted by Gasteiger charge is 2.41. The lowest BCUT2D eigenvalue weighted by Crippen LogP contribution is -2.20. The zero-order valence-corrected chi connectivity index (χ0v) is 17.8. The number of ether oxygens (including phenoxy) is 1. The van der Waals surface area contributed by atoms with Crippen molar-refractivity contribution in [3.63, 3.8) is 0 Å². The standard InChI is InChI=1S/C22H18ClFN2O3S/c1-11-19(26-22(30-11)12-3-5-13(23)6-4-12)18-17(29-2)9-15(21(18)28)20(27)16-8-7-14(24)10-25-16/h3-8,10,15,20,27H,9H2,1-2H3. The van der Waals surface area contributed by atoms with E-state index in [0.29, 0.717) is 22.0 Å². The summed E-state index contributed by atoms with van der Waals surface area (Å²) in [4.78, 5) is 22.7. The van der Waals surface area contributed by atoms with Gasteiger partial charge < -0.3 is 9.84 Å². The van der Waals surface area contributed by atoms with Gasteiger partial charge in [0.2, 0.25) is 0 Å². The molecular weight excluding hydrogens is 427 g/mol. The van der Waals surface area contributed by atoms with Gasteiger partial charge >= 0.3 is 0 Å². The van der Waals surface area contributed by atoms with Gasteiger partial charge in [-0.3, -0.25) is 9.78 Å². The Morgan fingerprint density at radius 3 is 2.63 bits per heavy atom. The summed E-state index contributed by atoms with van der Waals surface area (Å²) in [6.45, 7) is 1.89. The van der Waals surface area contributed by atoms with Crippen LogP contribution in [-0.2, 0) is 9.53 Å². The maximum atomic E-state index is 13.2. The summed E-state index contributed by atoms with van der Waals surface area (Å²) >= 11 is 7.44.